The number of piperazine rings is 1. The fourth-order valence-corrected chi connectivity index (χ4v) is 3.89. The molecule has 1 heterocycles. The summed E-state index contributed by atoms with van der Waals surface area (Å²) < 4.78 is 0. The van der Waals surface area contributed by atoms with E-state index < -0.39 is 0 Å². The molecular weight excluding hydrogens is 364 g/mol. The first-order valence-corrected chi connectivity index (χ1v) is 11.1. The van der Waals surface area contributed by atoms with E-state index in [4.69, 9.17) is 0 Å². The fourth-order valence-electron chi connectivity index (χ4n) is 3.89. The summed E-state index contributed by atoms with van der Waals surface area (Å²) in [4.78, 5) is 29.6. The highest BCUT2D eigenvalue weighted by Gasteiger charge is 2.32. The van der Waals surface area contributed by atoms with E-state index in [0.717, 1.165) is 51.1 Å². The maximum Gasteiger partial charge on any atom is 0.241 e. The van der Waals surface area contributed by atoms with Crippen LogP contribution in [0.1, 0.15) is 58.4 Å². The van der Waals surface area contributed by atoms with Crippen LogP contribution in [0.5, 0.6) is 0 Å². The van der Waals surface area contributed by atoms with E-state index in [1.807, 2.05) is 32.0 Å². The van der Waals surface area contributed by atoms with Crippen molar-refractivity contribution in [3.63, 3.8) is 0 Å². The zero-order valence-electron chi connectivity index (χ0n) is 18.3. The van der Waals surface area contributed by atoms with Crippen LogP contribution in [-0.4, -0.2) is 65.9 Å². The molecule has 3 rings (SSSR count). The molecule has 1 aromatic rings. The van der Waals surface area contributed by atoms with Gasteiger partial charge in [0.15, 0.2) is 0 Å². The minimum atomic E-state index is -0.197. The Bertz CT molecular complexity index is 711. The van der Waals surface area contributed by atoms with E-state index in [0.29, 0.717) is 12.0 Å². The van der Waals surface area contributed by atoms with Crippen molar-refractivity contribution in [3.8, 4) is 0 Å². The Labute approximate surface area is 175 Å². The minimum absolute atomic E-state index is 0.0359. The first-order valence-electron chi connectivity index (χ1n) is 11.1. The Hall–Kier alpha value is -1.92. The number of carbonyl (C=O) groups excluding carboxylic acids is 2. The predicted molar refractivity (Wildman–Crippen MR) is 117 cm³/mol. The lowest BCUT2D eigenvalue weighted by Crippen LogP contribution is -2.57. The molecule has 2 amide bonds. The van der Waals surface area contributed by atoms with Crippen LogP contribution in [-0.2, 0) is 9.59 Å². The molecular formula is C23H36N4O2. The number of nitrogens with one attached hydrogen (secondary N) is 2. The van der Waals surface area contributed by atoms with Crippen LogP contribution in [0, 0.1) is 0 Å². The van der Waals surface area contributed by atoms with E-state index >= 15 is 0 Å². The summed E-state index contributed by atoms with van der Waals surface area (Å²) in [6.07, 6.45) is 3.26. The number of para-hydroxylation sites is 1. The summed E-state index contributed by atoms with van der Waals surface area (Å²) in [7, 11) is 0. The lowest BCUT2D eigenvalue weighted by Gasteiger charge is -2.39. The number of rotatable bonds is 8. The van der Waals surface area contributed by atoms with Crippen LogP contribution < -0.4 is 10.6 Å². The minimum Gasteiger partial charge on any atom is -0.352 e. The number of anilines is 1. The van der Waals surface area contributed by atoms with Gasteiger partial charge in [-0.15, -0.1) is 0 Å². The van der Waals surface area contributed by atoms with E-state index in [1.165, 1.54) is 5.56 Å². The molecule has 160 valence electrons. The van der Waals surface area contributed by atoms with Crippen molar-refractivity contribution in [1.82, 2.24) is 15.1 Å². The molecule has 1 saturated heterocycles. The van der Waals surface area contributed by atoms with Gasteiger partial charge >= 0.3 is 0 Å². The van der Waals surface area contributed by atoms with Gasteiger partial charge in [-0.3, -0.25) is 19.4 Å². The molecule has 1 saturated carbocycles. The van der Waals surface area contributed by atoms with Gasteiger partial charge in [-0.1, -0.05) is 32.0 Å². The Balaban J connectivity index is 1.52. The van der Waals surface area contributed by atoms with Gasteiger partial charge in [0, 0.05) is 37.9 Å². The topological polar surface area (TPSA) is 64.7 Å². The Morgan fingerprint density at radius 3 is 2.07 bits per heavy atom. The summed E-state index contributed by atoms with van der Waals surface area (Å²) in [5.74, 6) is 0.579. The molecule has 2 fully saturated rings. The molecule has 1 aliphatic carbocycles. The molecule has 3 unspecified atom stereocenters. The van der Waals surface area contributed by atoms with Gasteiger partial charge in [-0.25, -0.2) is 0 Å². The van der Waals surface area contributed by atoms with Gasteiger partial charge in [0.2, 0.25) is 11.8 Å². The molecule has 3 atom stereocenters. The van der Waals surface area contributed by atoms with Crippen LogP contribution >= 0.6 is 0 Å². The molecule has 1 aliphatic heterocycles. The lowest BCUT2D eigenvalue weighted by atomic mass is 9.97. The Morgan fingerprint density at radius 2 is 1.52 bits per heavy atom. The molecule has 0 bridgehead atoms. The zero-order chi connectivity index (χ0) is 21.0. The second-order valence-electron chi connectivity index (χ2n) is 8.59. The maximum absolute atomic E-state index is 12.9. The summed E-state index contributed by atoms with van der Waals surface area (Å²) in [5.41, 5.74) is 2.11. The van der Waals surface area contributed by atoms with Crippen molar-refractivity contribution in [3.05, 3.63) is 29.8 Å². The standard InChI is InChI=1S/C23H36N4O2/c1-5-16(2)20-8-6-7-9-21(20)25-23(29)18(4)27-14-12-26(13-15-27)17(3)22(28)24-19-10-11-19/h6-9,16-19H,5,10-15H2,1-4H3,(H,24,28)(H,25,29). The van der Waals surface area contributed by atoms with Gasteiger partial charge in [0.1, 0.15) is 0 Å². The second-order valence-corrected chi connectivity index (χ2v) is 8.59. The molecule has 0 radical (unpaired) electrons. The largest absolute Gasteiger partial charge is 0.352 e. The van der Waals surface area contributed by atoms with Crippen molar-refractivity contribution in [2.75, 3.05) is 31.5 Å². The molecule has 0 aromatic heterocycles. The summed E-state index contributed by atoms with van der Waals surface area (Å²) >= 11 is 0. The van der Waals surface area contributed by atoms with E-state index in [1.54, 1.807) is 0 Å². The third kappa shape index (κ3) is 5.58. The first kappa shape index (κ1) is 21.8. The second kappa shape index (κ2) is 9.72. The van der Waals surface area contributed by atoms with Crippen LogP contribution in [0.15, 0.2) is 24.3 Å². The number of nitrogens with zero attached hydrogens (tertiary/aromatic N) is 2. The van der Waals surface area contributed by atoms with Crippen molar-refractivity contribution in [1.29, 1.82) is 0 Å². The van der Waals surface area contributed by atoms with Crippen molar-refractivity contribution < 1.29 is 9.59 Å². The molecule has 1 aromatic carbocycles. The van der Waals surface area contributed by atoms with Crippen LogP contribution in [0.4, 0.5) is 5.69 Å². The number of carbonyl (C=O) groups is 2. The van der Waals surface area contributed by atoms with Gasteiger partial charge in [0.25, 0.3) is 0 Å². The monoisotopic (exact) mass is 400 g/mol. The fraction of sp³-hybridized carbons (Fsp3) is 0.652. The molecule has 29 heavy (non-hydrogen) atoms. The van der Waals surface area contributed by atoms with Crippen molar-refractivity contribution in [2.24, 2.45) is 0 Å². The summed E-state index contributed by atoms with van der Waals surface area (Å²) in [6.45, 7) is 11.5. The molecule has 2 aliphatic rings. The molecule has 6 heteroatoms. The highest BCUT2D eigenvalue weighted by Crippen LogP contribution is 2.27. The predicted octanol–water partition coefficient (Wildman–Crippen LogP) is 2.81. The van der Waals surface area contributed by atoms with E-state index in [-0.39, 0.29) is 23.9 Å². The van der Waals surface area contributed by atoms with Crippen LogP contribution in [0.2, 0.25) is 0 Å². The number of benzene rings is 1. The van der Waals surface area contributed by atoms with Gasteiger partial charge in [0.05, 0.1) is 12.1 Å². The first-order chi connectivity index (χ1) is 13.9. The van der Waals surface area contributed by atoms with Gasteiger partial charge in [-0.2, -0.15) is 0 Å². The van der Waals surface area contributed by atoms with E-state index in [2.05, 4.69) is 40.3 Å². The smallest absolute Gasteiger partial charge is 0.241 e. The lowest BCUT2D eigenvalue weighted by molar-refractivity contribution is -0.128. The third-order valence-electron chi connectivity index (χ3n) is 6.49. The van der Waals surface area contributed by atoms with Crippen molar-refractivity contribution in [2.45, 2.75) is 71.0 Å². The van der Waals surface area contributed by atoms with E-state index in [9.17, 15) is 9.59 Å². The number of hydrogen-bond acceptors (Lipinski definition) is 4. The molecule has 2 N–H and O–H groups in total. The highest BCUT2D eigenvalue weighted by atomic mass is 16.2. The normalized spacial score (nSPS) is 21.2. The molecule has 6 nitrogen and oxygen atoms in total. The van der Waals surface area contributed by atoms with Crippen LogP contribution in [0.3, 0.4) is 0 Å². The Kier molecular flexibility index (Phi) is 7.30. The SMILES string of the molecule is CCC(C)c1ccccc1NC(=O)C(C)N1CCN(C(C)C(=O)NC2CC2)CC1. The van der Waals surface area contributed by atoms with Gasteiger partial charge in [-0.05, 0) is 50.7 Å². The Morgan fingerprint density at radius 1 is 0.966 bits per heavy atom. The summed E-state index contributed by atoms with van der Waals surface area (Å²) in [6, 6.07) is 8.18. The maximum atomic E-state index is 12.9. The summed E-state index contributed by atoms with van der Waals surface area (Å²) in [5, 5.41) is 6.24. The highest BCUT2D eigenvalue weighted by molar-refractivity contribution is 5.95. The zero-order valence-corrected chi connectivity index (χ0v) is 18.3. The van der Waals surface area contributed by atoms with Crippen LogP contribution in [0.25, 0.3) is 0 Å². The average molecular weight is 401 g/mol. The number of hydrogen-bond donors (Lipinski definition) is 2. The average Bonchev–Trinajstić information content (AvgIpc) is 3.56. The number of amides is 2. The molecule has 0 spiro atoms. The van der Waals surface area contributed by atoms with Crippen molar-refractivity contribution >= 4 is 17.5 Å². The van der Waals surface area contributed by atoms with Gasteiger partial charge < -0.3 is 10.6 Å². The third-order valence-corrected chi connectivity index (χ3v) is 6.49. The quantitative estimate of drug-likeness (QED) is 0.704.